The van der Waals surface area contributed by atoms with Gasteiger partial charge in [0.25, 0.3) is 5.56 Å². The molecule has 0 amide bonds. The van der Waals surface area contributed by atoms with Gasteiger partial charge in [-0.25, -0.2) is 14.3 Å². The normalized spacial score (nSPS) is 10.9. The molecule has 0 saturated carbocycles. The molecular formula is C26H19N3O3. The van der Waals surface area contributed by atoms with Gasteiger partial charge in [0.15, 0.2) is 5.65 Å². The van der Waals surface area contributed by atoms with Crippen molar-refractivity contribution < 1.29 is 9.53 Å². The minimum Gasteiger partial charge on any atom is -0.456 e. The number of aromatic nitrogens is 3. The Balaban J connectivity index is 1.40. The Morgan fingerprint density at radius 2 is 1.50 bits per heavy atom. The van der Waals surface area contributed by atoms with Crippen LogP contribution in [0.5, 0.6) is 0 Å². The van der Waals surface area contributed by atoms with Gasteiger partial charge in [-0.05, 0) is 16.7 Å². The first kappa shape index (κ1) is 19.5. The third-order valence-electron chi connectivity index (χ3n) is 5.20. The van der Waals surface area contributed by atoms with Gasteiger partial charge in [0.05, 0.1) is 5.69 Å². The van der Waals surface area contributed by atoms with Crippen molar-refractivity contribution in [2.75, 3.05) is 0 Å². The van der Waals surface area contributed by atoms with Crippen molar-refractivity contribution in [1.82, 2.24) is 14.6 Å². The molecule has 2 aromatic heterocycles. The predicted octanol–water partition coefficient (Wildman–Crippen LogP) is 4.71. The predicted molar refractivity (Wildman–Crippen MR) is 122 cm³/mol. The molecule has 5 aromatic rings. The van der Waals surface area contributed by atoms with E-state index in [1.165, 1.54) is 16.6 Å². The Morgan fingerprint density at radius 3 is 2.25 bits per heavy atom. The second kappa shape index (κ2) is 8.35. The van der Waals surface area contributed by atoms with Crippen molar-refractivity contribution in [2.24, 2.45) is 0 Å². The second-order valence-corrected chi connectivity index (χ2v) is 7.31. The largest absolute Gasteiger partial charge is 0.456 e. The lowest BCUT2D eigenvalue weighted by Crippen LogP contribution is -2.15. The molecule has 0 fully saturated rings. The number of carbonyl (C=O) groups is 1. The Morgan fingerprint density at radius 1 is 0.844 bits per heavy atom. The number of nitrogens with one attached hydrogen (secondary N) is 1. The maximum Gasteiger partial charge on any atom is 0.356 e. The molecule has 6 nitrogen and oxygen atoms in total. The first-order valence-electron chi connectivity index (χ1n) is 10.2. The molecule has 0 spiro atoms. The van der Waals surface area contributed by atoms with E-state index in [0.29, 0.717) is 11.3 Å². The molecule has 0 aliphatic rings. The maximum absolute atomic E-state index is 12.7. The monoisotopic (exact) mass is 421 g/mol. The number of rotatable bonds is 5. The quantitative estimate of drug-likeness (QED) is 0.417. The van der Waals surface area contributed by atoms with Crippen LogP contribution in [0, 0.1) is 0 Å². The highest BCUT2D eigenvalue weighted by Gasteiger charge is 2.15. The van der Waals surface area contributed by atoms with E-state index < -0.39 is 5.97 Å². The summed E-state index contributed by atoms with van der Waals surface area (Å²) in [6.45, 7) is 0.108. The molecule has 0 aliphatic carbocycles. The smallest absolute Gasteiger partial charge is 0.356 e. The SMILES string of the molecule is O=C(OCc1ccccc1-c1ccccc1)c1cc2nc(-c3ccccc3)cc(=O)n2[nH]1. The van der Waals surface area contributed by atoms with Gasteiger partial charge in [-0.1, -0.05) is 84.9 Å². The zero-order chi connectivity index (χ0) is 21.9. The highest BCUT2D eigenvalue weighted by molar-refractivity contribution is 5.88. The number of hydrogen-bond acceptors (Lipinski definition) is 4. The molecule has 0 bridgehead atoms. The van der Waals surface area contributed by atoms with Gasteiger partial charge in [0, 0.05) is 17.7 Å². The number of hydrogen-bond donors (Lipinski definition) is 1. The number of benzene rings is 3. The molecule has 5 rings (SSSR count). The average molecular weight is 421 g/mol. The summed E-state index contributed by atoms with van der Waals surface area (Å²) in [5, 5.41) is 2.79. The second-order valence-electron chi connectivity index (χ2n) is 7.31. The lowest BCUT2D eigenvalue weighted by atomic mass is 10.0. The van der Waals surface area contributed by atoms with Crippen LogP contribution < -0.4 is 5.56 Å². The standard InChI is InChI=1S/C26H19N3O3/c30-25-16-22(19-11-5-2-6-12-19)27-24-15-23(28-29(24)25)26(31)32-17-20-13-7-8-14-21(20)18-9-3-1-4-10-18/h1-16,28H,17H2. The minimum absolute atomic E-state index is 0.108. The van der Waals surface area contributed by atoms with Gasteiger partial charge in [0.1, 0.15) is 12.3 Å². The van der Waals surface area contributed by atoms with Crippen LogP contribution in [-0.2, 0) is 11.3 Å². The van der Waals surface area contributed by atoms with Crippen LogP contribution in [0.4, 0.5) is 0 Å². The van der Waals surface area contributed by atoms with Crippen molar-refractivity contribution in [3.05, 3.63) is 119 Å². The van der Waals surface area contributed by atoms with Gasteiger partial charge in [0.2, 0.25) is 0 Å². The van der Waals surface area contributed by atoms with Crippen molar-refractivity contribution >= 4 is 11.6 Å². The van der Waals surface area contributed by atoms with Crippen molar-refractivity contribution in [3.8, 4) is 22.4 Å². The van der Waals surface area contributed by atoms with E-state index in [4.69, 9.17) is 4.74 Å². The molecule has 0 unspecified atom stereocenters. The zero-order valence-corrected chi connectivity index (χ0v) is 17.1. The van der Waals surface area contributed by atoms with Crippen LogP contribution in [0.3, 0.4) is 0 Å². The van der Waals surface area contributed by atoms with Gasteiger partial charge in [-0.15, -0.1) is 0 Å². The fourth-order valence-electron chi connectivity index (χ4n) is 3.62. The van der Waals surface area contributed by atoms with Crippen LogP contribution in [0.25, 0.3) is 28.0 Å². The molecule has 0 aliphatic heterocycles. The van der Waals surface area contributed by atoms with Gasteiger partial charge < -0.3 is 4.74 Å². The number of aromatic amines is 1. The van der Waals surface area contributed by atoms with Gasteiger partial charge in [-0.2, -0.15) is 0 Å². The van der Waals surface area contributed by atoms with Crippen molar-refractivity contribution in [3.63, 3.8) is 0 Å². The summed E-state index contributed by atoms with van der Waals surface area (Å²) in [6.07, 6.45) is 0. The van der Waals surface area contributed by atoms with Gasteiger partial charge >= 0.3 is 5.97 Å². The average Bonchev–Trinajstić information content (AvgIpc) is 3.29. The minimum atomic E-state index is -0.556. The van der Waals surface area contributed by atoms with Crippen LogP contribution in [-0.4, -0.2) is 20.6 Å². The summed E-state index contributed by atoms with van der Waals surface area (Å²) in [7, 11) is 0. The summed E-state index contributed by atoms with van der Waals surface area (Å²) >= 11 is 0. The summed E-state index contributed by atoms with van der Waals surface area (Å²) in [4.78, 5) is 29.7. The summed E-state index contributed by atoms with van der Waals surface area (Å²) in [6, 6.07) is 30.1. The molecular weight excluding hydrogens is 402 g/mol. The van der Waals surface area contributed by atoms with Crippen LogP contribution >= 0.6 is 0 Å². The Bertz CT molecular complexity index is 1450. The number of nitrogens with zero attached hydrogens (tertiary/aromatic N) is 2. The molecule has 0 atom stereocenters. The third-order valence-corrected chi connectivity index (χ3v) is 5.20. The van der Waals surface area contributed by atoms with E-state index >= 15 is 0 Å². The number of H-pyrrole nitrogens is 1. The van der Waals surface area contributed by atoms with Crippen molar-refractivity contribution in [2.45, 2.75) is 6.61 Å². The van der Waals surface area contributed by atoms with E-state index in [2.05, 4.69) is 10.1 Å². The van der Waals surface area contributed by atoms with E-state index in [9.17, 15) is 9.59 Å². The maximum atomic E-state index is 12.7. The lowest BCUT2D eigenvalue weighted by Gasteiger charge is -2.10. The van der Waals surface area contributed by atoms with Crippen molar-refractivity contribution in [1.29, 1.82) is 0 Å². The topological polar surface area (TPSA) is 76.5 Å². The Labute approximate surface area is 183 Å². The van der Waals surface area contributed by atoms with Crippen LogP contribution in [0.15, 0.2) is 102 Å². The fraction of sp³-hybridized carbons (Fsp3) is 0.0385. The number of fused-ring (bicyclic) bond motifs is 1. The molecule has 2 heterocycles. The highest BCUT2D eigenvalue weighted by atomic mass is 16.5. The molecule has 6 heteroatoms. The van der Waals surface area contributed by atoms with E-state index in [-0.39, 0.29) is 17.9 Å². The number of carbonyl (C=O) groups excluding carboxylic acids is 1. The molecule has 0 radical (unpaired) electrons. The number of esters is 1. The van der Waals surface area contributed by atoms with E-state index in [1.54, 1.807) is 0 Å². The van der Waals surface area contributed by atoms with E-state index in [0.717, 1.165) is 22.3 Å². The lowest BCUT2D eigenvalue weighted by molar-refractivity contribution is 0.0466. The summed E-state index contributed by atoms with van der Waals surface area (Å²) < 4.78 is 6.78. The fourth-order valence-corrected chi connectivity index (χ4v) is 3.62. The Kier molecular flexibility index (Phi) is 5.09. The molecule has 156 valence electrons. The first-order valence-corrected chi connectivity index (χ1v) is 10.2. The molecule has 3 aromatic carbocycles. The summed E-state index contributed by atoms with van der Waals surface area (Å²) in [5.74, 6) is -0.556. The summed E-state index contributed by atoms with van der Waals surface area (Å²) in [5.41, 5.74) is 4.54. The molecule has 32 heavy (non-hydrogen) atoms. The number of ether oxygens (including phenoxy) is 1. The Hall–Kier alpha value is -4.45. The third kappa shape index (κ3) is 3.81. The van der Waals surface area contributed by atoms with E-state index in [1.807, 2.05) is 84.9 Å². The zero-order valence-electron chi connectivity index (χ0n) is 17.1. The van der Waals surface area contributed by atoms with Gasteiger partial charge in [-0.3, -0.25) is 9.89 Å². The van der Waals surface area contributed by atoms with Crippen LogP contribution in [0.1, 0.15) is 16.1 Å². The highest BCUT2D eigenvalue weighted by Crippen LogP contribution is 2.24. The molecule has 0 saturated heterocycles. The first-order chi connectivity index (χ1) is 15.7. The van der Waals surface area contributed by atoms with Crippen LogP contribution in [0.2, 0.25) is 0 Å². The molecule has 1 N–H and O–H groups in total.